The lowest BCUT2D eigenvalue weighted by molar-refractivity contribution is 0.596. The smallest absolute Gasteiger partial charge is 0.192 e. The van der Waals surface area contributed by atoms with Crippen LogP contribution in [0.4, 0.5) is 0 Å². The van der Waals surface area contributed by atoms with E-state index in [0.717, 1.165) is 6.26 Å². The molecule has 0 radical (unpaired) electrons. The highest BCUT2D eigenvalue weighted by Crippen LogP contribution is 2.10. The molecule has 68 valence electrons. The monoisotopic (exact) mass is 189 g/mol. The van der Waals surface area contributed by atoms with Gasteiger partial charge >= 0.3 is 0 Å². The van der Waals surface area contributed by atoms with Crippen molar-refractivity contribution in [1.82, 2.24) is 10.2 Å². The molecule has 0 bridgehead atoms. The summed E-state index contributed by atoms with van der Waals surface area (Å²) in [6, 6.07) is 0. The molecule has 5 nitrogen and oxygen atoms in total. The van der Waals surface area contributed by atoms with Crippen LogP contribution in [0.15, 0.2) is 11.2 Å². The maximum absolute atomic E-state index is 11.1. The van der Waals surface area contributed by atoms with Crippen molar-refractivity contribution in [3.63, 3.8) is 0 Å². The van der Waals surface area contributed by atoms with Crippen LogP contribution in [0.5, 0.6) is 0 Å². The van der Waals surface area contributed by atoms with Gasteiger partial charge in [0.25, 0.3) is 0 Å². The SMILES string of the molecule is CS(=O)(=O)c1[nH]ncc1CCN. The second-order valence-electron chi connectivity index (χ2n) is 2.54. The van der Waals surface area contributed by atoms with Crippen molar-refractivity contribution in [2.24, 2.45) is 5.73 Å². The molecule has 6 heteroatoms. The van der Waals surface area contributed by atoms with Gasteiger partial charge in [0, 0.05) is 11.8 Å². The maximum Gasteiger partial charge on any atom is 0.192 e. The molecular weight excluding hydrogens is 178 g/mol. The summed E-state index contributed by atoms with van der Waals surface area (Å²) in [5.74, 6) is 0. The molecule has 0 aliphatic heterocycles. The van der Waals surface area contributed by atoms with Crippen LogP contribution in [-0.2, 0) is 16.3 Å². The van der Waals surface area contributed by atoms with Gasteiger partial charge in [-0.05, 0) is 13.0 Å². The number of nitrogens with two attached hydrogens (primary N) is 1. The summed E-state index contributed by atoms with van der Waals surface area (Å²) in [7, 11) is -3.19. The first-order valence-corrected chi connectivity index (χ1v) is 5.37. The summed E-state index contributed by atoms with van der Waals surface area (Å²) in [4.78, 5) is 0. The van der Waals surface area contributed by atoms with E-state index in [2.05, 4.69) is 10.2 Å². The standard InChI is InChI=1S/C6H11N3O2S/c1-12(10,11)6-5(2-3-7)4-8-9-6/h4H,2-3,7H2,1H3,(H,8,9). The Morgan fingerprint density at radius 1 is 1.67 bits per heavy atom. The number of nitrogens with one attached hydrogen (secondary N) is 1. The minimum Gasteiger partial charge on any atom is -0.330 e. The van der Waals surface area contributed by atoms with Gasteiger partial charge in [-0.25, -0.2) is 8.42 Å². The third-order valence-electron chi connectivity index (χ3n) is 1.46. The number of aromatic nitrogens is 2. The fourth-order valence-electron chi connectivity index (χ4n) is 0.954. The van der Waals surface area contributed by atoms with Gasteiger partial charge in [-0.3, -0.25) is 5.10 Å². The third-order valence-corrected chi connectivity index (χ3v) is 2.56. The number of hydrogen-bond donors (Lipinski definition) is 2. The van der Waals surface area contributed by atoms with Crippen molar-refractivity contribution in [3.05, 3.63) is 11.8 Å². The summed E-state index contributed by atoms with van der Waals surface area (Å²) in [6.45, 7) is 0.419. The van der Waals surface area contributed by atoms with Crippen LogP contribution < -0.4 is 5.73 Å². The van der Waals surface area contributed by atoms with Crippen LogP contribution in [0.2, 0.25) is 0 Å². The average Bonchev–Trinajstić information content (AvgIpc) is 2.34. The molecule has 0 atom stereocenters. The summed E-state index contributed by atoms with van der Waals surface area (Å²) >= 11 is 0. The average molecular weight is 189 g/mol. The Labute approximate surface area is 70.9 Å². The molecule has 1 aromatic heterocycles. The highest BCUT2D eigenvalue weighted by Gasteiger charge is 2.14. The van der Waals surface area contributed by atoms with Gasteiger partial charge in [0.1, 0.15) is 0 Å². The summed E-state index contributed by atoms with van der Waals surface area (Å²) < 4.78 is 22.2. The van der Waals surface area contributed by atoms with Crippen molar-refractivity contribution in [2.75, 3.05) is 12.8 Å². The molecule has 0 saturated heterocycles. The van der Waals surface area contributed by atoms with Crippen LogP contribution in [-0.4, -0.2) is 31.4 Å². The Morgan fingerprint density at radius 2 is 2.33 bits per heavy atom. The van der Waals surface area contributed by atoms with Crippen molar-refractivity contribution in [3.8, 4) is 0 Å². The topological polar surface area (TPSA) is 88.8 Å². The molecule has 0 aliphatic carbocycles. The van der Waals surface area contributed by atoms with Gasteiger partial charge in [0.15, 0.2) is 14.9 Å². The van der Waals surface area contributed by atoms with E-state index in [1.165, 1.54) is 6.20 Å². The van der Waals surface area contributed by atoms with Crippen molar-refractivity contribution < 1.29 is 8.42 Å². The van der Waals surface area contributed by atoms with Crippen LogP contribution in [0.25, 0.3) is 0 Å². The zero-order valence-electron chi connectivity index (χ0n) is 6.74. The zero-order valence-corrected chi connectivity index (χ0v) is 7.56. The Balaban J connectivity index is 3.08. The molecule has 0 aromatic carbocycles. The quantitative estimate of drug-likeness (QED) is 0.659. The van der Waals surface area contributed by atoms with Crippen molar-refractivity contribution in [2.45, 2.75) is 11.4 Å². The summed E-state index contributed by atoms with van der Waals surface area (Å²) in [5, 5.41) is 6.26. The summed E-state index contributed by atoms with van der Waals surface area (Å²) in [5.41, 5.74) is 5.95. The number of rotatable bonds is 3. The summed E-state index contributed by atoms with van der Waals surface area (Å²) in [6.07, 6.45) is 3.16. The van der Waals surface area contributed by atoms with Crippen molar-refractivity contribution in [1.29, 1.82) is 0 Å². The molecule has 1 rings (SSSR count). The number of aromatic amines is 1. The van der Waals surface area contributed by atoms with E-state index in [9.17, 15) is 8.42 Å². The van der Waals surface area contributed by atoms with Crippen LogP contribution in [0.1, 0.15) is 5.56 Å². The predicted octanol–water partition coefficient (Wildman–Crippen LogP) is -0.686. The minimum atomic E-state index is -3.19. The first kappa shape index (κ1) is 9.21. The molecule has 0 spiro atoms. The van der Waals surface area contributed by atoms with Gasteiger partial charge < -0.3 is 5.73 Å². The first-order valence-electron chi connectivity index (χ1n) is 3.48. The molecule has 1 heterocycles. The van der Waals surface area contributed by atoms with E-state index in [4.69, 9.17) is 5.73 Å². The van der Waals surface area contributed by atoms with Crippen LogP contribution in [0, 0.1) is 0 Å². The Bertz CT molecular complexity index is 355. The van der Waals surface area contributed by atoms with E-state index < -0.39 is 9.84 Å². The second-order valence-corrected chi connectivity index (χ2v) is 4.49. The molecule has 0 unspecified atom stereocenters. The lowest BCUT2D eigenvalue weighted by Crippen LogP contribution is -2.07. The third kappa shape index (κ3) is 1.83. The van der Waals surface area contributed by atoms with Crippen molar-refractivity contribution >= 4 is 9.84 Å². The fraction of sp³-hybridized carbons (Fsp3) is 0.500. The van der Waals surface area contributed by atoms with Gasteiger partial charge in [-0.15, -0.1) is 0 Å². The van der Waals surface area contributed by atoms with E-state index >= 15 is 0 Å². The highest BCUT2D eigenvalue weighted by atomic mass is 32.2. The number of nitrogens with zero attached hydrogens (tertiary/aromatic N) is 1. The lowest BCUT2D eigenvalue weighted by atomic mass is 10.3. The molecule has 12 heavy (non-hydrogen) atoms. The fourth-order valence-corrected chi connectivity index (χ4v) is 1.80. The molecular formula is C6H11N3O2S. The molecule has 0 fully saturated rings. The molecule has 3 N–H and O–H groups in total. The predicted molar refractivity (Wildman–Crippen MR) is 44.5 cm³/mol. The highest BCUT2D eigenvalue weighted by molar-refractivity contribution is 7.90. The molecule has 1 aromatic rings. The second kappa shape index (κ2) is 3.24. The van der Waals surface area contributed by atoms with Crippen LogP contribution >= 0.6 is 0 Å². The van der Waals surface area contributed by atoms with Gasteiger partial charge in [-0.2, -0.15) is 5.10 Å². The minimum absolute atomic E-state index is 0.174. The Kier molecular flexibility index (Phi) is 2.49. The molecule has 0 aliphatic rings. The maximum atomic E-state index is 11.1. The van der Waals surface area contributed by atoms with E-state index in [1.54, 1.807) is 0 Å². The Hall–Kier alpha value is -0.880. The lowest BCUT2D eigenvalue weighted by Gasteiger charge is -1.97. The van der Waals surface area contributed by atoms with E-state index in [-0.39, 0.29) is 5.03 Å². The van der Waals surface area contributed by atoms with Gasteiger partial charge in [0.2, 0.25) is 0 Å². The number of H-pyrrole nitrogens is 1. The van der Waals surface area contributed by atoms with E-state index in [0.29, 0.717) is 18.5 Å². The Morgan fingerprint density at radius 3 is 2.83 bits per heavy atom. The number of hydrogen-bond acceptors (Lipinski definition) is 4. The first-order chi connectivity index (χ1) is 5.55. The molecule has 0 amide bonds. The largest absolute Gasteiger partial charge is 0.330 e. The van der Waals surface area contributed by atoms with Crippen LogP contribution in [0.3, 0.4) is 0 Å². The normalized spacial score (nSPS) is 11.8. The van der Waals surface area contributed by atoms with E-state index in [1.807, 2.05) is 0 Å². The van der Waals surface area contributed by atoms with Gasteiger partial charge in [-0.1, -0.05) is 0 Å². The number of sulfone groups is 1. The van der Waals surface area contributed by atoms with Gasteiger partial charge in [0.05, 0.1) is 6.20 Å². The molecule has 0 saturated carbocycles. The zero-order chi connectivity index (χ0) is 9.19.